The fourth-order valence-electron chi connectivity index (χ4n) is 3.36. The number of amides is 2. The van der Waals surface area contributed by atoms with E-state index in [9.17, 15) is 9.59 Å². The van der Waals surface area contributed by atoms with Crippen molar-refractivity contribution in [3.8, 4) is 17.2 Å². The van der Waals surface area contributed by atoms with Crippen molar-refractivity contribution in [1.29, 1.82) is 0 Å². The summed E-state index contributed by atoms with van der Waals surface area (Å²) in [7, 11) is 1.51. The van der Waals surface area contributed by atoms with E-state index in [-0.39, 0.29) is 11.8 Å². The monoisotopic (exact) mass is 412 g/mol. The predicted molar refractivity (Wildman–Crippen MR) is 113 cm³/mol. The van der Waals surface area contributed by atoms with Crippen LogP contribution < -0.4 is 19.6 Å². The van der Waals surface area contributed by atoms with Gasteiger partial charge in [0.25, 0.3) is 11.8 Å². The van der Waals surface area contributed by atoms with E-state index in [1.54, 1.807) is 36.4 Å². The maximum absolute atomic E-state index is 13.3. The van der Waals surface area contributed by atoms with Crippen LogP contribution in [-0.4, -0.2) is 42.7 Å². The maximum atomic E-state index is 13.3. The zero-order valence-electron chi connectivity index (χ0n) is 18.1. The molecule has 2 aromatic rings. The summed E-state index contributed by atoms with van der Waals surface area (Å²) in [6.45, 7) is 8.42. The zero-order valence-corrected chi connectivity index (χ0v) is 18.1. The summed E-state index contributed by atoms with van der Waals surface area (Å²) >= 11 is 0. The second kappa shape index (κ2) is 8.65. The molecule has 0 radical (unpaired) electrons. The van der Waals surface area contributed by atoms with Gasteiger partial charge in [-0.05, 0) is 51.5 Å². The van der Waals surface area contributed by atoms with Gasteiger partial charge in [0.2, 0.25) is 0 Å². The molecule has 0 spiro atoms. The van der Waals surface area contributed by atoms with Gasteiger partial charge >= 0.3 is 0 Å². The average Bonchev–Trinajstić information content (AvgIpc) is 2.75. The molecule has 2 amide bonds. The van der Waals surface area contributed by atoms with Gasteiger partial charge in [0, 0.05) is 11.1 Å². The van der Waals surface area contributed by atoms with E-state index in [4.69, 9.17) is 14.2 Å². The number of hydrazine groups is 1. The number of methoxy groups -OCH3 is 1. The molecule has 0 aromatic heterocycles. The fraction of sp³-hybridized carbons (Fsp3) is 0.391. The predicted octanol–water partition coefficient (Wildman–Crippen LogP) is 3.61. The van der Waals surface area contributed by atoms with Gasteiger partial charge in [-0.15, -0.1) is 0 Å². The van der Waals surface area contributed by atoms with Crippen molar-refractivity contribution in [3.63, 3.8) is 0 Å². The molecule has 0 saturated heterocycles. The van der Waals surface area contributed by atoms with Gasteiger partial charge in [-0.1, -0.05) is 19.1 Å². The zero-order chi connectivity index (χ0) is 21.9. The molecule has 0 bridgehead atoms. The number of fused-ring (bicyclic) bond motifs is 1. The van der Waals surface area contributed by atoms with Crippen LogP contribution in [0.5, 0.6) is 17.2 Å². The summed E-state index contributed by atoms with van der Waals surface area (Å²) in [6, 6.07) is 10.4. The van der Waals surface area contributed by atoms with Crippen LogP contribution in [0.2, 0.25) is 0 Å². The summed E-state index contributed by atoms with van der Waals surface area (Å²) in [5.41, 5.74) is 3.69. The SMILES string of the molecule is CCc1c(C(=O)NN(C(=O)c2ccccc2OC)C(C)(C)C)ccc2c1OCCO2. The molecule has 7 heteroatoms. The van der Waals surface area contributed by atoms with E-state index < -0.39 is 5.54 Å². The van der Waals surface area contributed by atoms with E-state index >= 15 is 0 Å². The number of hydrogen-bond donors (Lipinski definition) is 1. The second-order valence-corrected chi connectivity index (χ2v) is 7.92. The van der Waals surface area contributed by atoms with Gasteiger partial charge in [0.05, 0.1) is 18.2 Å². The van der Waals surface area contributed by atoms with Crippen molar-refractivity contribution >= 4 is 11.8 Å². The Labute approximate surface area is 176 Å². The number of para-hydroxylation sites is 1. The fourth-order valence-corrected chi connectivity index (χ4v) is 3.36. The first-order chi connectivity index (χ1) is 14.3. The van der Waals surface area contributed by atoms with Gasteiger partial charge in [-0.2, -0.15) is 0 Å². The topological polar surface area (TPSA) is 77.1 Å². The van der Waals surface area contributed by atoms with Crippen molar-refractivity contribution in [2.45, 2.75) is 39.7 Å². The molecule has 0 fully saturated rings. The van der Waals surface area contributed by atoms with Crippen LogP contribution in [0.1, 0.15) is 54.0 Å². The second-order valence-electron chi connectivity index (χ2n) is 7.92. The number of benzene rings is 2. The molecule has 3 rings (SSSR count). The van der Waals surface area contributed by atoms with Crippen molar-refractivity contribution in [2.75, 3.05) is 20.3 Å². The average molecular weight is 412 g/mol. The van der Waals surface area contributed by atoms with Crippen molar-refractivity contribution < 1.29 is 23.8 Å². The highest BCUT2D eigenvalue weighted by Crippen LogP contribution is 2.36. The van der Waals surface area contributed by atoms with E-state index in [0.29, 0.717) is 48.0 Å². The van der Waals surface area contributed by atoms with Crippen molar-refractivity contribution in [1.82, 2.24) is 10.4 Å². The summed E-state index contributed by atoms with van der Waals surface area (Å²) in [5.74, 6) is 0.924. The highest BCUT2D eigenvalue weighted by atomic mass is 16.6. The van der Waals surface area contributed by atoms with Crippen LogP contribution in [0, 0.1) is 0 Å². The van der Waals surface area contributed by atoms with Gasteiger partial charge in [0.15, 0.2) is 11.5 Å². The molecular formula is C23H28N2O5. The largest absolute Gasteiger partial charge is 0.496 e. The van der Waals surface area contributed by atoms with Crippen LogP contribution in [0.3, 0.4) is 0 Å². The standard InChI is InChI=1S/C23H28N2O5/c1-6-15-16(11-12-19-20(15)30-14-13-29-19)21(26)24-25(23(2,3)4)22(27)17-9-7-8-10-18(17)28-5/h7-12H,6,13-14H2,1-5H3,(H,24,26). The molecule has 1 aliphatic rings. The Bertz CT molecular complexity index is 949. The number of rotatable bonds is 4. The van der Waals surface area contributed by atoms with Crippen molar-refractivity contribution in [2.24, 2.45) is 0 Å². The number of ether oxygens (including phenoxy) is 3. The van der Waals surface area contributed by atoms with Crippen LogP contribution in [0.4, 0.5) is 0 Å². The van der Waals surface area contributed by atoms with Crippen LogP contribution in [0.15, 0.2) is 36.4 Å². The lowest BCUT2D eigenvalue weighted by molar-refractivity contribution is 0.0355. The lowest BCUT2D eigenvalue weighted by Crippen LogP contribution is -2.56. The van der Waals surface area contributed by atoms with E-state index in [0.717, 1.165) is 5.56 Å². The Balaban J connectivity index is 1.95. The third-order valence-corrected chi connectivity index (χ3v) is 4.83. The first-order valence-corrected chi connectivity index (χ1v) is 9.98. The van der Waals surface area contributed by atoms with Gasteiger partial charge in [-0.3, -0.25) is 15.0 Å². The normalized spacial score (nSPS) is 12.8. The lowest BCUT2D eigenvalue weighted by Gasteiger charge is -2.36. The Morgan fingerprint density at radius 2 is 1.77 bits per heavy atom. The number of nitrogens with one attached hydrogen (secondary N) is 1. The summed E-state index contributed by atoms with van der Waals surface area (Å²) in [6.07, 6.45) is 0.589. The molecule has 1 aliphatic heterocycles. The molecular weight excluding hydrogens is 384 g/mol. The van der Waals surface area contributed by atoms with Gasteiger partial charge in [-0.25, -0.2) is 5.01 Å². The third-order valence-electron chi connectivity index (χ3n) is 4.83. The van der Waals surface area contributed by atoms with E-state index in [2.05, 4.69) is 5.43 Å². The van der Waals surface area contributed by atoms with Crippen LogP contribution in [-0.2, 0) is 6.42 Å². The molecule has 160 valence electrons. The first kappa shape index (κ1) is 21.5. The summed E-state index contributed by atoms with van der Waals surface area (Å²) in [5, 5.41) is 1.34. The molecule has 0 atom stereocenters. The van der Waals surface area contributed by atoms with Crippen LogP contribution >= 0.6 is 0 Å². The number of carbonyl (C=O) groups excluding carboxylic acids is 2. The minimum absolute atomic E-state index is 0.358. The Morgan fingerprint density at radius 3 is 2.43 bits per heavy atom. The third kappa shape index (κ3) is 4.20. The molecule has 7 nitrogen and oxygen atoms in total. The Hall–Kier alpha value is -3.22. The molecule has 1 N–H and O–H groups in total. The minimum Gasteiger partial charge on any atom is -0.496 e. The quantitative estimate of drug-likeness (QED) is 0.777. The highest BCUT2D eigenvalue weighted by molar-refractivity contribution is 6.01. The van der Waals surface area contributed by atoms with Crippen molar-refractivity contribution in [3.05, 3.63) is 53.1 Å². The molecule has 2 aromatic carbocycles. The molecule has 0 unspecified atom stereocenters. The number of carbonyl (C=O) groups is 2. The Morgan fingerprint density at radius 1 is 1.07 bits per heavy atom. The highest BCUT2D eigenvalue weighted by Gasteiger charge is 2.32. The molecule has 1 heterocycles. The molecule has 30 heavy (non-hydrogen) atoms. The van der Waals surface area contributed by atoms with Crippen LogP contribution in [0.25, 0.3) is 0 Å². The number of nitrogens with zero attached hydrogens (tertiary/aromatic N) is 1. The maximum Gasteiger partial charge on any atom is 0.276 e. The van der Waals surface area contributed by atoms with Gasteiger partial charge in [0.1, 0.15) is 19.0 Å². The van der Waals surface area contributed by atoms with E-state index in [1.165, 1.54) is 12.1 Å². The Kier molecular flexibility index (Phi) is 6.20. The smallest absolute Gasteiger partial charge is 0.276 e. The summed E-state index contributed by atoms with van der Waals surface area (Å²) < 4.78 is 16.7. The first-order valence-electron chi connectivity index (χ1n) is 9.98. The van der Waals surface area contributed by atoms with Gasteiger partial charge < -0.3 is 14.2 Å². The molecule has 0 saturated carbocycles. The van der Waals surface area contributed by atoms with E-state index in [1.807, 2.05) is 27.7 Å². The molecule has 0 aliphatic carbocycles. The lowest BCUT2D eigenvalue weighted by atomic mass is 10.0. The minimum atomic E-state index is -0.673. The summed E-state index contributed by atoms with van der Waals surface area (Å²) in [4.78, 5) is 26.5. The number of hydrogen-bond acceptors (Lipinski definition) is 5.